The van der Waals surface area contributed by atoms with E-state index in [-0.39, 0.29) is 18.3 Å². The molecule has 0 saturated carbocycles. The molecule has 20 heavy (non-hydrogen) atoms. The Morgan fingerprint density at radius 1 is 1.25 bits per heavy atom. The average Bonchev–Trinajstić information content (AvgIpc) is 2.46. The molecule has 0 aliphatic rings. The van der Waals surface area contributed by atoms with Crippen LogP contribution in [0.1, 0.15) is 11.1 Å². The molecule has 0 aliphatic heterocycles. The van der Waals surface area contributed by atoms with Crippen molar-refractivity contribution in [2.75, 3.05) is 0 Å². The zero-order chi connectivity index (χ0) is 14.5. The molecule has 6 heteroatoms. The molecule has 2 rings (SSSR count). The van der Waals surface area contributed by atoms with Crippen molar-refractivity contribution >= 4 is 17.4 Å². The summed E-state index contributed by atoms with van der Waals surface area (Å²) in [6.45, 7) is 0.215. The summed E-state index contributed by atoms with van der Waals surface area (Å²) in [7, 11) is 0. The lowest BCUT2D eigenvalue weighted by Crippen LogP contribution is -2.14. The summed E-state index contributed by atoms with van der Waals surface area (Å²) in [6, 6.07) is 10.7. The van der Waals surface area contributed by atoms with Crippen molar-refractivity contribution in [1.82, 2.24) is 0 Å². The van der Waals surface area contributed by atoms with Gasteiger partial charge in [0.05, 0.1) is 5.56 Å². The van der Waals surface area contributed by atoms with Crippen molar-refractivity contribution in [2.45, 2.75) is 6.61 Å². The first-order valence-corrected chi connectivity index (χ1v) is 6.12. The lowest BCUT2D eigenvalue weighted by atomic mass is 10.2. The lowest BCUT2D eigenvalue weighted by Gasteiger charge is -2.11. The number of hydrogen-bond donors (Lipinski definition) is 2. The normalized spacial score (nSPS) is 11.4. The highest BCUT2D eigenvalue weighted by Gasteiger charge is 2.09. The van der Waals surface area contributed by atoms with Gasteiger partial charge < -0.3 is 15.7 Å². The molecule has 0 bridgehead atoms. The second kappa shape index (κ2) is 6.25. The fraction of sp³-hybridized carbons (Fsp3) is 0.0714. The lowest BCUT2D eigenvalue weighted by molar-refractivity contribution is 0.303. The van der Waals surface area contributed by atoms with Gasteiger partial charge >= 0.3 is 0 Å². The van der Waals surface area contributed by atoms with Crippen molar-refractivity contribution in [3.05, 3.63) is 64.4 Å². The Labute approximate surface area is 120 Å². The summed E-state index contributed by atoms with van der Waals surface area (Å²) in [6.07, 6.45) is 0. The van der Waals surface area contributed by atoms with E-state index in [4.69, 9.17) is 27.3 Å². The smallest absolute Gasteiger partial charge is 0.173 e. The van der Waals surface area contributed by atoms with Crippen molar-refractivity contribution in [1.29, 1.82) is 0 Å². The predicted octanol–water partition coefficient (Wildman–Crippen LogP) is 3.15. The predicted molar refractivity (Wildman–Crippen MR) is 74.7 cm³/mol. The molecule has 2 aromatic rings. The fourth-order valence-corrected chi connectivity index (χ4v) is 1.78. The highest BCUT2D eigenvalue weighted by Crippen LogP contribution is 2.24. The SMILES string of the molecule is N/C(=N/O)c1ccc(Cl)cc1OCc1ccc(F)cc1. The number of amidine groups is 1. The molecule has 0 unspecified atom stereocenters. The Kier molecular flexibility index (Phi) is 4.42. The van der Waals surface area contributed by atoms with Crippen LogP contribution in [0.25, 0.3) is 0 Å². The number of hydrogen-bond acceptors (Lipinski definition) is 3. The standard InChI is InChI=1S/C14H12ClFN2O2/c15-10-3-6-12(14(17)18-19)13(7-10)20-8-9-1-4-11(16)5-2-9/h1-7,19H,8H2,(H2,17,18). The zero-order valence-corrected chi connectivity index (χ0v) is 11.1. The highest BCUT2D eigenvalue weighted by atomic mass is 35.5. The molecule has 0 saturated heterocycles. The minimum Gasteiger partial charge on any atom is -0.488 e. The van der Waals surface area contributed by atoms with Gasteiger partial charge in [-0.05, 0) is 35.9 Å². The van der Waals surface area contributed by atoms with Crippen molar-refractivity contribution < 1.29 is 14.3 Å². The third-order valence-corrected chi connectivity index (χ3v) is 2.87. The molecule has 0 heterocycles. The third kappa shape index (κ3) is 3.39. The summed E-state index contributed by atoms with van der Waals surface area (Å²) in [4.78, 5) is 0. The zero-order valence-electron chi connectivity index (χ0n) is 10.4. The molecule has 0 spiro atoms. The molecule has 104 valence electrons. The third-order valence-electron chi connectivity index (χ3n) is 2.63. The van der Waals surface area contributed by atoms with E-state index in [2.05, 4.69) is 5.16 Å². The number of nitrogens with two attached hydrogens (primary N) is 1. The van der Waals surface area contributed by atoms with Crippen LogP contribution in [0.3, 0.4) is 0 Å². The van der Waals surface area contributed by atoms with Gasteiger partial charge in [-0.1, -0.05) is 28.9 Å². The second-order valence-corrected chi connectivity index (χ2v) is 4.48. The first-order valence-electron chi connectivity index (χ1n) is 5.75. The Morgan fingerprint density at radius 3 is 2.60 bits per heavy atom. The molecule has 0 fully saturated rings. The van der Waals surface area contributed by atoms with Gasteiger partial charge in [-0.2, -0.15) is 0 Å². The monoisotopic (exact) mass is 294 g/mol. The van der Waals surface area contributed by atoms with Crippen LogP contribution >= 0.6 is 11.6 Å². The minimum absolute atomic E-state index is 0.0734. The number of rotatable bonds is 4. The van der Waals surface area contributed by atoms with E-state index in [1.54, 1.807) is 30.3 Å². The number of halogens is 2. The fourth-order valence-electron chi connectivity index (χ4n) is 1.62. The molecule has 0 aliphatic carbocycles. The van der Waals surface area contributed by atoms with E-state index in [0.29, 0.717) is 16.3 Å². The van der Waals surface area contributed by atoms with Crippen LogP contribution in [-0.2, 0) is 6.61 Å². The van der Waals surface area contributed by atoms with Crippen molar-refractivity contribution in [3.8, 4) is 5.75 Å². The maximum Gasteiger partial charge on any atom is 0.173 e. The van der Waals surface area contributed by atoms with Gasteiger partial charge in [0.15, 0.2) is 5.84 Å². The number of benzene rings is 2. The first-order chi connectivity index (χ1) is 9.60. The number of ether oxygens (including phenoxy) is 1. The van der Waals surface area contributed by atoms with Gasteiger partial charge in [-0.25, -0.2) is 4.39 Å². The molecule has 0 radical (unpaired) electrons. The van der Waals surface area contributed by atoms with Gasteiger partial charge in [0, 0.05) is 5.02 Å². The number of oxime groups is 1. The quantitative estimate of drug-likeness (QED) is 0.394. The van der Waals surface area contributed by atoms with E-state index in [1.165, 1.54) is 12.1 Å². The second-order valence-electron chi connectivity index (χ2n) is 4.04. The Balaban J connectivity index is 2.20. The Bertz CT molecular complexity index is 630. The summed E-state index contributed by atoms with van der Waals surface area (Å²) in [5.41, 5.74) is 6.78. The van der Waals surface area contributed by atoms with E-state index < -0.39 is 0 Å². The van der Waals surface area contributed by atoms with Crippen molar-refractivity contribution in [3.63, 3.8) is 0 Å². The highest BCUT2D eigenvalue weighted by molar-refractivity contribution is 6.30. The molecular weight excluding hydrogens is 283 g/mol. The molecule has 0 atom stereocenters. The van der Waals surface area contributed by atoms with Crippen LogP contribution in [0.5, 0.6) is 5.75 Å². The van der Waals surface area contributed by atoms with Gasteiger partial charge in [0.1, 0.15) is 18.2 Å². The minimum atomic E-state index is -0.311. The summed E-state index contributed by atoms with van der Waals surface area (Å²) in [5, 5.41) is 12.1. The largest absolute Gasteiger partial charge is 0.488 e. The van der Waals surface area contributed by atoms with E-state index in [1.807, 2.05) is 0 Å². The van der Waals surface area contributed by atoms with E-state index in [9.17, 15) is 4.39 Å². The van der Waals surface area contributed by atoms with E-state index >= 15 is 0 Å². The summed E-state index contributed by atoms with van der Waals surface area (Å²) >= 11 is 5.89. The van der Waals surface area contributed by atoms with E-state index in [0.717, 1.165) is 5.56 Å². The van der Waals surface area contributed by atoms with Gasteiger partial charge in [0.2, 0.25) is 0 Å². The van der Waals surface area contributed by atoms with Gasteiger partial charge in [-0.3, -0.25) is 0 Å². The maximum atomic E-state index is 12.8. The van der Waals surface area contributed by atoms with Crippen LogP contribution < -0.4 is 10.5 Å². The maximum absolute atomic E-state index is 12.8. The summed E-state index contributed by atoms with van der Waals surface area (Å²) < 4.78 is 18.4. The number of nitrogens with zero attached hydrogens (tertiary/aromatic N) is 1. The molecule has 0 aromatic heterocycles. The Hall–Kier alpha value is -2.27. The van der Waals surface area contributed by atoms with Crippen LogP contribution in [0.2, 0.25) is 5.02 Å². The van der Waals surface area contributed by atoms with Crippen LogP contribution in [0.4, 0.5) is 4.39 Å². The van der Waals surface area contributed by atoms with Crippen LogP contribution in [-0.4, -0.2) is 11.0 Å². The Morgan fingerprint density at radius 2 is 1.95 bits per heavy atom. The van der Waals surface area contributed by atoms with Gasteiger partial charge in [-0.15, -0.1) is 0 Å². The van der Waals surface area contributed by atoms with Crippen LogP contribution in [0.15, 0.2) is 47.6 Å². The molecular formula is C14H12ClFN2O2. The summed E-state index contributed by atoms with van der Waals surface area (Å²) in [5.74, 6) is 0.00162. The van der Waals surface area contributed by atoms with Gasteiger partial charge in [0.25, 0.3) is 0 Å². The van der Waals surface area contributed by atoms with Crippen LogP contribution in [0, 0.1) is 5.82 Å². The molecule has 2 aromatic carbocycles. The molecule has 3 N–H and O–H groups in total. The molecule has 0 amide bonds. The molecule has 4 nitrogen and oxygen atoms in total. The average molecular weight is 295 g/mol. The first kappa shape index (κ1) is 14.1. The topological polar surface area (TPSA) is 67.8 Å². The van der Waals surface area contributed by atoms with Crippen molar-refractivity contribution in [2.24, 2.45) is 10.9 Å².